The third kappa shape index (κ3) is 3.93. The van der Waals surface area contributed by atoms with E-state index >= 15 is 0 Å². The minimum Gasteiger partial charge on any atom is -0.324 e. The van der Waals surface area contributed by atoms with Gasteiger partial charge in [0.2, 0.25) is 0 Å². The predicted molar refractivity (Wildman–Crippen MR) is 156 cm³/mol. The molecule has 8 nitrogen and oxygen atoms in total. The van der Waals surface area contributed by atoms with Crippen LogP contribution in [0.5, 0.6) is 0 Å². The van der Waals surface area contributed by atoms with Gasteiger partial charge >= 0.3 is 37.8 Å². The SMILES string of the molecule is [Co+2].[Pt+2].c1ccc2c(c1)-c1nc-2nc2[nH]c(nc3nc(nc4[nH]c(n1)c1ccccc41)-c1ccccc1-3)c1ccccc21. The summed E-state index contributed by atoms with van der Waals surface area (Å²) in [6, 6.07) is 32.2. The summed E-state index contributed by atoms with van der Waals surface area (Å²) < 4.78 is 0. The molecule has 4 aromatic carbocycles. The summed E-state index contributed by atoms with van der Waals surface area (Å²) in [5, 5.41) is 3.82. The zero-order valence-electron chi connectivity index (χ0n) is 21.6. The molecule has 9 rings (SSSR count). The predicted octanol–water partition coefficient (Wildman–Crippen LogP) is 6.86. The van der Waals surface area contributed by atoms with Crippen LogP contribution in [0, 0.1) is 0 Å². The Kier molecular flexibility index (Phi) is 6.31. The van der Waals surface area contributed by atoms with Crippen molar-refractivity contribution in [1.82, 2.24) is 39.9 Å². The van der Waals surface area contributed by atoms with Gasteiger partial charge in [0.05, 0.1) is 0 Å². The largest absolute Gasteiger partial charge is 2.00 e. The second-order valence-electron chi connectivity index (χ2n) is 9.79. The van der Waals surface area contributed by atoms with Crippen molar-refractivity contribution in [3.63, 3.8) is 0 Å². The molecule has 0 spiro atoms. The van der Waals surface area contributed by atoms with Crippen molar-refractivity contribution in [2.24, 2.45) is 0 Å². The molecule has 42 heavy (non-hydrogen) atoms. The molecule has 2 aliphatic heterocycles. The van der Waals surface area contributed by atoms with Gasteiger partial charge in [0.1, 0.15) is 22.6 Å². The number of hydrogen-bond donors (Lipinski definition) is 2. The first kappa shape index (κ1) is 26.3. The van der Waals surface area contributed by atoms with Gasteiger partial charge in [-0.05, 0) is 0 Å². The number of H-pyrrole nitrogens is 2. The number of fused-ring (bicyclic) bond motifs is 20. The molecule has 8 bridgehead atoms. The number of benzene rings is 4. The van der Waals surface area contributed by atoms with Crippen LogP contribution < -0.4 is 0 Å². The molecule has 201 valence electrons. The molecular formula is C32H18CoN8Pt+4. The Bertz CT molecular complexity index is 2040. The summed E-state index contributed by atoms with van der Waals surface area (Å²) in [4.78, 5) is 36.8. The van der Waals surface area contributed by atoms with Crippen LogP contribution in [0.2, 0.25) is 0 Å². The van der Waals surface area contributed by atoms with Gasteiger partial charge in [-0.15, -0.1) is 0 Å². The molecule has 0 saturated heterocycles. The van der Waals surface area contributed by atoms with Crippen LogP contribution in [-0.4, -0.2) is 39.9 Å². The topological polar surface area (TPSA) is 109 Å². The average molecular weight is 769 g/mol. The molecule has 0 saturated carbocycles. The van der Waals surface area contributed by atoms with E-state index in [0.29, 0.717) is 45.9 Å². The third-order valence-corrected chi connectivity index (χ3v) is 7.46. The molecule has 0 unspecified atom stereocenters. The molecule has 0 amide bonds. The van der Waals surface area contributed by atoms with Crippen LogP contribution in [0.3, 0.4) is 0 Å². The van der Waals surface area contributed by atoms with Crippen molar-refractivity contribution in [2.45, 2.75) is 0 Å². The zero-order chi connectivity index (χ0) is 26.2. The van der Waals surface area contributed by atoms with E-state index < -0.39 is 0 Å². The minimum absolute atomic E-state index is 0. The molecule has 5 heterocycles. The summed E-state index contributed by atoms with van der Waals surface area (Å²) >= 11 is 0. The smallest absolute Gasteiger partial charge is 0.324 e. The van der Waals surface area contributed by atoms with Crippen LogP contribution in [0.4, 0.5) is 0 Å². The molecule has 1 radical (unpaired) electrons. The summed E-state index contributed by atoms with van der Waals surface area (Å²) in [6.45, 7) is 0. The van der Waals surface area contributed by atoms with E-state index in [2.05, 4.69) is 9.97 Å². The normalized spacial score (nSPS) is 11.4. The fourth-order valence-electron chi connectivity index (χ4n) is 5.59. The quantitative estimate of drug-likeness (QED) is 0.175. The van der Waals surface area contributed by atoms with Crippen molar-refractivity contribution in [1.29, 1.82) is 0 Å². The Morgan fingerprint density at radius 2 is 0.571 bits per heavy atom. The minimum atomic E-state index is 0. The maximum Gasteiger partial charge on any atom is 2.00 e. The third-order valence-electron chi connectivity index (χ3n) is 7.46. The van der Waals surface area contributed by atoms with E-state index in [9.17, 15) is 0 Å². The van der Waals surface area contributed by atoms with Crippen molar-refractivity contribution in [2.75, 3.05) is 0 Å². The van der Waals surface area contributed by atoms with Crippen LogP contribution >= 0.6 is 0 Å². The first-order chi connectivity index (χ1) is 19.8. The Balaban J connectivity index is 0.00000144. The molecule has 2 N–H and O–H groups in total. The molecule has 7 aromatic rings. The number of aromatic amines is 2. The molecule has 10 heteroatoms. The maximum atomic E-state index is 5.02. The standard InChI is InChI=1S/C32H18N8.Co.Pt/c1-2-10-18-17(9-1)25-33-26(18)38-28-21-13-5-6-14-22(21)30(35-28)40-32-24-16-8-7-15-23(24)31(36-32)39-29-20-12-4-3-11-19(20)27(34-29)37-25;;/h1-16H,(H2,33,34,35,36,37,38,39,40);;/q;2*+2. The fourth-order valence-corrected chi connectivity index (χ4v) is 5.59. The van der Waals surface area contributed by atoms with Gasteiger partial charge in [-0.2, -0.15) is 0 Å². The Labute approximate surface area is 263 Å². The molecule has 0 aliphatic carbocycles. The summed E-state index contributed by atoms with van der Waals surface area (Å²) in [6.07, 6.45) is 0. The van der Waals surface area contributed by atoms with Gasteiger partial charge < -0.3 is 9.97 Å². The average Bonchev–Trinajstić information content (AvgIpc) is 3.73. The van der Waals surface area contributed by atoms with Gasteiger partial charge in [-0.25, -0.2) is 29.9 Å². The van der Waals surface area contributed by atoms with Crippen molar-refractivity contribution >= 4 is 44.1 Å². The van der Waals surface area contributed by atoms with Crippen LogP contribution in [-0.2, 0) is 37.8 Å². The van der Waals surface area contributed by atoms with Gasteiger partial charge in [-0.1, -0.05) is 97.1 Å². The van der Waals surface area contributed by atoms with E-state index in [1.54, 1.807) is 0 Å². The monoisotopic (exact) mass is 768 g/mol. The van der Waals surface area contributed by atoms with Gasteiger partial charge in [-0.3, -0.25) is 0 Å². The number of nitrogens with zero attached hydrogens (tertiary/aromatic N) is 6. The Morgan fingerprint density at radius 1 is 0.333 bits per heavy atom. The van der Waals surface area contributed by atoms with Gasteiger partial charge in [0, 0.05) is 43.8 Å². The second kappa shape index (κ2) is 10.1. The molecule has 2 aliphatic rings. The number of nitrogens with one attached hydrogen (secondary N) is 2. The first-order valence-electron chi connectivity index (χ1n) is 13.0. The maximum absolute atomic E-state index is 5.02. The second-order valence-corrected chi connectivity index (χ2v) is 9.79. The van der Waals surface area contributed by atoms with E-state index in [0.717, 1.165) is 43.8 Å². The number of aromatic nitrogens is 8. The van der Waals surface area contributed by atoms with Crippen LogP contribution in [0.15, 0.2) is 97.1 Å². The van der Waals surface area contributed by atoms with Crippen LogP contribution in [0.25, 0.3) is 89.7 Å². The van der Waals surface area contributed by atoms with Crippen molar-refractivity contribution in [3.05, 3.63) is 97.1 Å². The zero-order valence-corrected chi connectivity index (χ0v) is 24.9. The summed E-state index contributed by atoms with van der Waals surface area (Å²) in [5.74, 6) is 2.39. The number of hydrogen-bond acceptors (Lipinski definition) is 6. The molecular weight excluding hydrogens is 750 g/mol. The van der Waals surface area contributed by atoms with E-state index in [1.807, 2.05) is 97.1 Å². The summed E-state index contributed by atoms with van der Waals surface area (Å²) in [7, 11) is 0. The summed E-state index contributed by atoms with van der Waals surface area (Å²) in [5.41, 5.74) is 6.45. The van der Waals surface area contributed by atoms with Gasteiger partial charge in [0.15, 0.2) is 23.3 Å². The fraction of sp³-hybridized carbons (Fsp3) is 0. The van der Waals surface area contributed by atoms with E-state index in [1.165, 1.54) is 0 Å². The van der Waals surface area contributed by atoms with E-state index in [-0.39, 0.29) is 37.8 Å². The van der Waals surface area contributed by atoms with Crippen LogP contribution in [0.1, 0.15) is 0 Å². The van der Waals surface area contributed by atoms with E-state index in [4.69, 9.17) is 29.9 Å². The number of rotatable bonds is 0. The Morgan fingerprint density at radius 3 is 0.833 bits per heavy atom. The molecule has 0 atom stereocenters. The molecule has 0 fully saturated rings. The first-order valence-corrected chi connectivity index (χ1v) is 13.0. The van der Waals surface area contributed by atoms with Crippen molar-refractivity contribution < 1.29 is 37.8 Å². The Hall–Kier alpha value is -4.57. The van der Waals surface area contributed by atoms with Gasteiger partial charge in [0.25, 0.3) is 0 Å². The molecule has 3 aromatic heterocycles. The van der Waals surface area contributed by atoms with Crippen molar-refractivity contribution in [3.8, 4) is 45.6 Å².